The maximum atomic E-state index is 12.2. The monoisotopic (exact) mass is 328 g/mol. The van der Waals surface area contributed by atoms with Gasteiger partial charge in [-0.05, 0) is 49.2 Å². The summed E-state index contributed by atoms with van der Waals surface area (Å²) in [7, 11) is 0. The zero-order chi connectivity index (χ0) is 14.0. The Hall–Kier alpha value is -1.30. The largest absolute Gasteiger partial charge is 0.490 e. The van der Waals surface area contributed by atoms with E-state index in [0.29, 0.717) is 24.7 Å². The van der Waals surface area contributed by atoms with Crippen LogP contribution in [0.4, 0.5) is 10.6 Å². The molecule has 0 bridgehead atoms. The van der Waals surface area contributed by atoms with Gasteiger partial charge in [-0.25, -0.2) is 9.78 Å². The van der Waals surface area contributed by atoms with Crippen LogP contribution in [-0.2, 0) is 4.74 Å². The van der Waals surface area contributed by atoms with E-state index in [1.54, 1.807) is 6.20 Å². The number of aromatic nitrogens is 1. The standard InChI is InChI=1S/C13H17BrN2O3/c1-13(2,3)19-12(17)16-5-4-6-18-10-7-9(14)8-15-11(10)16/h7-8H,4-6H2,1-3H3. The van der Waals surface area contributed by atoms with Crippen LogP contribution in [0, 0.1) is 0 Å². The van der Waals surface area contributed by atoms with Crippen molar-refractivity contribution in [2.75, 3.05) is 18.1 Å². The summed E-state index contributed by atoms with van der Waals surface area (Å²) >= 11 is 3.34. The third kappa shape index (κ3) is 3.59. The molecule has 0 atom stereocenters. The Kier molecular flexibility index (Phi) is 3.99. The fraction of sp³-hybridized carbons (Fsp3) is 0.538. The van der Waals surface area contributed by atoms with Crippen molar-refractivity contribution < 1.29 is 14.3 Å². The Balaban J connectivity index is 2.29. The summed E-state index contributed by atoms with van der Waals surface area (Å²) in [6.07, 6.45) is 1.99. The lowest BCUT2D eigenvalue weighted by Gasteiger charge is -2.26. The topological polar surface area (TPSA) is 51.7 Å². The van der Waals surface area contributed by atoms with E-state index in [2.05, 4.69) is 20.9 Å². The number of rotatable bonds is 0. The number of amides is 1. The van der Waals surface area contributed by atoms with Gasteiger partial charge in [-0.1, -0.05) is 0 Å². The van der Waals surface area contributed by atoms with E-state index in [9.17, 15) is 4.79 Å². The summed E-state index contributed by atoms with van der Waals surface area (Å²) < 4.78 is 11.8. The highest BCUT2D eigenvalue weighted by molar-refractivity contribution is 9.10. The Morgan fingerprint density at radius 3 is 2.95 bits per heavy atom. The van der Waals surface area contributed by atoms with Gasteiger partial charge in [0.1, 0.15) is 5.60 Å². The van der Waals surface area contributed by atoms with Crippen LogP contribution in [-0.4, -0.2) is 29.8 Å². The van der Waals surface area contributed by atoms with Crippen molar-refractivity contribution in [1.82, 2.24) is 4.98 Å². The molecule has 1 amide bonds. The molecule has 0 radical (unpaired) electrons. The molecule has 1 aliphatic rings. The van der Waals surface area contributed by atoms with Gasteiger partial charge in [-0.3, -0.25) is 4.90 Å². The van der Waals surface area contributed by atoms with Gasteiger partial charge in [-0.2, -0.15) is 0 Å². The normalized spacial score (nSPS) is 15.3. The number of ether oxygens (including phenoxy) is 2. The molecule has 0 fully saturated rings. The predicted octanol–water partition coefficient (Wildman–Crippen LogP) is 3.37. The number of hydrogen-bond donors (Lipinski definition) is 0. The minimum atomic E-state index is -0.528. The third-order valence-electron chi connectivity index (χ3n) is 2.45. The predicted molar refractivity (Wildman–Crippen MR) is 75.6 cm³/mol. The number of carbonyl (C=O) groups is 1. The fourth-order valence-corrected chi connectivity index (χ4v) is 2.04. The van der Waals surface area contributed by atoms with Gasteiger partial charge in [0.25, 0.3) is 0 Å². The molecule has 0 aliphatic carbocycles. The van der Waals surface area contributed by atoms with Gasteiger partial charge in [0, 0.05) is 17.2 Å². The number of anilines is 1. The molecular formula is C13H17BrN2O3. The van der Waals surface area contributed by atoms with Crippen LogP contribution < -0.4 is 9.64 Å². The maximum absolute atomic E-state index is 12.2. The summed E-state index contributed by atoms with van der Waals surface area (Å²) in [5.74, 6) is 1.10. The highest BCUT2D eigenvalue weighted by atomic mass is 79.9. The molecule has 5 nitrogen and oxygen atoms in total. The van der Waals surface area contributed by atoms with Crippen molar-refractivity contribution in [2.24, 2.45) is 0 Å². The van der Waals surface area contributed by atoms with Crippen LogP contribution in [0.25, 0.3) is 0 Å². The average molecular weight is 329 g/mol. The van der Waals surface area contributed by atoms with Crippen molar-refractivity contribution in [3.8, 4) is 5.75 Å². The minimum Gasteiger partial charge on any atom is -0.490 e. The first-order valence-electron chi connectivity index (χ1n) is 6.16. The first-order valence-corrected chi connectivity index (χ1v) is 6.95. The lowest BCUT2D eigenvalue weighted by atomic mass is 10.2. The van der Waals surface area contributed by atoms with Crippen LogP contribution in [0.3, 0.4) is 0 Å². The van der Waals surface area contributed by atoms with E-state index in [1.807, 2.05) is 26.8 Å². The van der Waals surface area contributed by atoms with Crippen LogP contribution in [0.5, 0.6) is 5.75 Å². The molecule has 0 N–H and O–H groups in total. The van der Waals surface area contributed by atoms with Gasteiger partial charge in [0.2, 0.25) is 0 Å². The number of halogens is 1. The molecule has 104 valence electrons. The van der Waals surface area contributed by atoms with Crippen LogP contribution >= 0.6 is 15.9 Å². The van der Waals surface area contributed by atoms with Gasteiger partial charge < -0.3 is 9.47 Å². The lowest BCUT2D eigenvalue weighted by molar-refractivity contribution is 0.0579. The van der Waals surface area contributed by atoms with E-state index < -0.39 is 11.7 Å². The second-order valence-corrected chi connectivity index (χ2v) is 6.22. The van der Waals surface area contributed by atoms with Crippen molar-refractivity contribution in [3.63, 3.8) is 0 Å². The van der Waals surface area contributed by atoms with Crippen LogP contribution in [0.1, 0.15) is 27.2 Å². The first-order chi connectivity index (χ1) is 8.87. The summed E-state index contributed by atoms with van der Waals surface area (Å²) in [4.78, 5) is 18.0. The maximum Gasteiger partial charge on any atom is 0.416 e. The summed E-state index contributed by atoms with van der Waals surface area (Å²) in [5, 5.41) is 0. The van der Waals surface area contributed by atoms with Crippen molar-refractivity contribution in [3.05, 3.63) is 16.7 Å². The molecule has 1 aliphatic heterocycles. The molecule has 0 saturated carbocycles. The molecule has 0 aromatic carbocycles. The van der Waals surface area contributed by atoms with Crippen molar-refractivity contribution >= 4 is 27.8 Å². The van der Waals surface area contributed by atoms with E-state index in [4.69, 9.17) is 9.47 Å². The molecular weight excluding hydrogens is 312 g/mol. The second kappa shape index (κ2) is 5.36. The van der Waals surface area contributed by atoms with Crippen LogP contribution in [0.2, 0.25) is 0 Å². The summed E-state index contributed by atoms with van der Waals surface area (Å²) in [6.45, 7) is 6.63. The van der Waals surface area contributed by atoms with Gasteiger partial charge in [-0.15, -0.1) is 0 Å². The summed E-state index contributed by atoms with van der Waals surface area (Å²) in [5.41, 5.74) is -0.528. The summed E-state index contributed by atoms with van der Waals surface area (Å²) in [6, 6.07) is 1.81. The molecule has 0 spiro atoms. The molecule has 1 aromatic heterocycles. The number of hydrogen-bond acceptors (Lipinski definition) is 4. The zero-order valence-corrected chi connectivity index (χ0v) is 12.9. The third-order valence-corrected chi connectivity index (χ3v) is 2.89. The van der Waals surface area contributed by atoms with E-state index >= 15 is 0 Å². The molecule has 2 rings (SSSR count). The molecule has 6 heteroatoms. The van der Waals surface area contributed by atoms with Gasteiger partial charge in [0.15, 0.2) is 11.6 Å². The molecule has 0 unspecified atom stereocenters. The van der Waals surface area contributed by atoms with Crippen molar-refractivity contribution in [2.45, 2.75) is 32.8 Å². The Morgan fingerprint density at radius 2 is 2.26 bits per heavy atom. The smallest absolute Gasteiger partial charge is 0.416 e. The highest BCUT2D eigenvalue weighted by Crippen LogP contribution is 2.32. The molecule has 2 heterocycles. The molecule has 19 heavy (non-hydrogen) atoms. The fourth-order valence-electron chi connectivity index (χ4n) is 1.73. The SMILES string of the molecule is CC(C)(C)OC(=O)N1CCCOc2cc(Br)cnc21. The number of fused-ring (bicyclic) bond motifs is 1. The average Bonchev–Trinajstić information content (AvgIpc) is 2.48. The second-order valence-electron chi connectivity index (χ2n) is 5.31. The van der Waals surface area contributed by atoms with Gasteiger partial charge in [0.05, 0.1) is 6.61 Å². The Labute approximate surface area is 121 Å². The molecule has 1 aromatic rings. The Bertz CT molecular complexity index is 485. The quantitative estimate of drug-likeness (QED) is 0.732. The van der Waals surface area contributed by atoms with Crippen molar-refractivity contribution in [1.29, 1.82) is 0 Å². The number of carbonyl (C=O) groups excluding carboxylic acids is 1. The van der Waals surface area contributed by atoms with E-state index in [1.165, 1.54) is 4.90 Å². The van der Waals surface area contributed by atoms with E-state index in [0.717, 1.165) is 10.9 Å². The first kappa shape index (κ1) is 14.1. The number of pyridine rings is 1. The Morgan fingerprint density at radius 1 is 1.53 bits per heavy atom. The highest BCUT2D eigenvalue weighted by Gasteiger charge is 2.28. The van der Waals surface area contributed by atoms with E-state index in [-0.39, 0.29) is 0 Å². The minimum absolute atomic E-state index is 0.394. The van der Waals surface area contributed by atoms with Crippen LogP contribution in [0.15, 0.2) is 16.7 Å². The van der Waals surface area contributed by atoms with Gasteiger partial charge >= 0.3 is 6.09 Å². The zero-order valence-electron chi connectivity index (χ0n) is 11.3. The lowest BCUT2D eigenvalue weighted by Crippen LogP contribution is -2.37. The number of nitrogens with zero attached hydrogens (tertiary/aromatic N) is 2. The molecule has 0 saturated heterocycles.